The maximum Gasteiger partial charge on any atom is 0.254 e. The summed E-state index contributed by atoms with van der Waals surface area (Å²) in [5.41, 5.74) is 4.14. The minimum absolute atomic E-state index is 0.0742. The molecule has 1 saturated heterocycles. The number of ether oxygens (including phenoxy) is 1. The number of hydrogen-bond acceptors (Lipinski definition) is 7. The van der Waals surface area contributed by atoms with Gasteiger partial charge in [0, 0.05) is 38.3 Å². The predicted molar refractivity (Wildman–Crippen MR) is 167 cm³/mol. The second-order valence-electron chi connectivity index (χ2n) is 12.1. The van der Waals surface area contributed by atoms with Crippen LogP contribution in [0.5, 0.6) is 5.75 Å². The molecule has 1 aliphatic carbocycles. The van der Waals surface area contributed by atoms with Gasteiger partial charge in [0.15, 0.2) is 0 Å². The number of sulfonamides is 1. The second kappa shape index (κ2) is 13.2. The third-order valence-electron chi connectivity index (χ3n) is 8.52. The van der Waals surface area contributed by atoms with Gasteiger partial charge in [0.25, 0.3) is 5.91 Å². The Labute approximate surface area is 255 Å². The summed E-state index contributed by atoms with van der Waals surface area (Å²) in [6.07, 6.45) is 4.94. The lowest BCUT2D eigenvalue weighted by Gasteiger charge is -2.23. The molecule has 43 heavy (non-hydrogen) atoms. The summed E-state index contributed by atoms with van der Waals surface area (Å²) in [5.74, 6) is 0.829. The smallest absolute Gasteiger partial charge is 0.254 e. The summed E-state index contributed by atoms with van der Waals surface area (Å²) in [7, 11) is 2.08. The third-order valence-corrected chi connectivity index (χ3v) is 10.7. The minimum Gasteiger partial charge on any atom is -0.497 e. The number of aryl methyl sites for hydroxylation is 2. The third kappa shape index (κ3) is 7.49. The molecule has 2 aliphatic rings. The van der Waals surface area contributed by atoms with Gasteiger partial charge >= 0.3 is 0 Å². The fourth-order valence-corrected chi connectivity index (χ4v) is 8.00. The summed E-state index contributed by atoms with van der Waals surface area (Å²) < 4.78 is 40.1. The topological polar surface area (TPSA) is 95.3 Å². The normalized spacial score (nSPS) is 17.6. The molecule has 0 spiro atoms. The van der Waals surface area contributed by atoms with E-state index in [0.717, 1.165) is 38.9 Å². The highest BCUT2D eigenvalue weighted by molar-refractivity contribution is 7.89. The number of nitrogens with zero attached hydrogens (tertiary/aromatic N) is 3. The van der Waals surface area contributed by atoms with Crippen molar-refractivity contribution in [3.63, 3.8) is 0 Å². The number of likely N-dealkylation sites (tertiary alicyclic amines) is 1. The van der Waals surface area contributed by atoms with E-state index < -0.39 is 10.0 Å². The number of benzene rings is 2. The second-order valence-corrected chi connectivity index (χ2v) is 14.0. The molecule has 10 heteroatoms. The molecule has 1 saturated carbocycles. The predicted octanol–water partition coefficient (Wildman–Crippen LogP) is 4.37. The maximum atomic E-state index is 13.8. The summed E-state index contributed by atoms with van der Waals surface area (Å²) in [6.45, 7) is 7.33. The number of carbonyl (C=O) groups excluding carboxylic acids is 1. The Morgan fingerprint density at radius 1 is 1.02 bits per heavy atom. The SMILES string of the molecule is COc1cc(C)c(S(=O)(=O)N(Cc2cc(C(=O)NCCc3ccc(CN4CCC(N(C)C)C4)cc3)co2)C2CC2)c(C)c1. The van der Waals surface area contributed by atoms with Crippen LogP contribution in [-0.4, -0.2) is 81.4 Å². The number of hydrogen-bond donors (Lipinski definition) is 1. The van der Waals surface area contributed by atoms with Crippen LogP contribution in [0.25, 0.3) is 0 Å². The van der Waals surface area contributed by atoms with Crippen molar-refractivity contribution in [2.75, 3.05) is 40.8 Å². The standard InChI is InChI=1S/C33H44N4O5S/c1-23-16-30(41-5)17-24(2)32(23)43(39,40)37(28-10-11-28)21-31-18-27(22-42-31)33(38)34-14-12-25-6-8-26(9-7-25)19-36-15-13-29(20-36)35(3)4/h6-9,16-18,22,28-29H,10-15,19-21H2,1-5H3,(H,34,38). The molecule has 1 aliphatic heterocycles. The molecule has 0 radical (unpaired) electrons. The van der Waals surface area contributed by atoms with Gasteiger partial charge < -0.3 is 19.4 Å². The van der Waals surface area contributed by atoms with Crippen LogP contribution >= 0.6 is 0 Å². The zero-order chi connectivity index (χ0) is 30.7. The molecule has 2 aromatic carbocycles. The Morgan fingerprint density at radius 2 is 1.70 bits per heavy atom. The van der Waals surface area contributed by atoms with Gasteiger partial charge in [-0.1, -0.05) is 24.3 Å². The first-order valence-corrected chi connectivity index (χ1v) is 16.5. The van der Waals surface area contributed by atoms with Gasteiger partial charge in [-0.3, -0.25) is 9.69 Å². The van der Waals surface area contributed by atoms with E-state index in [1.54, 1.807) is 39.2 Å². The van der Waals surface area contributed by atoms with E-state index in [1.807, 2.05) is 0 Å². The summed E-state index contributed by atoms with van der Waals surface area (Å²) in [6, 6.07) is 14.3. The average molecular weight is 609 g/mol. The van der Waals surface area contributed by atoms with Crippen molar-refractivity contribution in [2.24, 2.45) is 0 Å². The highest BCUT2D eigenvalue weighted by Gasteiger charge is 2.40. The first-order chi connectivity index (χ1) is 20.5. The molecule has 1 unspecified atom stereocenters. The summed E-state index contributed by atoms with van der Waals surface area (Å²) in [5, 5.41) is 2.96. The van der Waals surface area contributed by atoms with E-state index in [-0.39, 0.29) is 18.5 Å². The number of amides is 1. The van der Waals surface area contributed by atoms with Crippen molar-refractivity contribution < 1.29 is 22.4 Å². The Hall–Kier alpha value is -3.18. The molecule has 1 amide bonds. The largest absolute Gasteiger partial charge is 0.497 e. The zero-order valence-electron chi connectivity index (χ0n) is 25.9. The number of furan rings is 1. The fourth-order valence-electron chi connectivity index (χ4n) is 5.93. The van der Waals surface area contributed by atoms with Crippen LogP contribution in [0.3, 0.4) is 0 Å². The maximum absolute atomic E-state index is 13.8. The van der Waals surface area contributed by atoms with Crippen LogP contribution < -0.4 is 10.1 Å². The monoisotopic (exact) mass is 608 g/mol. The van der Waals surface area contributed by atoms with Gasteiger partial charge in [-0.15, -0.1) is 0 Å². The number of carbonyl (C=O) groups is 1. The molecule has 1 N–H and O–H groups in total. The van der Waals surface area contributed by atoms with Crippen molar-refractivity contribution >= 4 is 15.9 Å². The zero-order valence-corrected chi connectivity index (χ0v) is 26.7. The molecule has 3 aromatic rings. The van der Waals surface area contributed by atoms with Crippen molar-refractivity contribution in [3.8, 4) is 5.75 Å². The number of rotatable bonds is 13. The molecule has 1 atom stereocenters. The van der Waals surface area contributed by atoms with E-state index in [2.05, 4.69) is 53.5 Å². The quantitative estimate of drug-likeness (QED) is 0.308. The Balaban J connectivity index is 1.14. The molecule has 2 heterocycles. The number of likely N-dealkylation sites (N-methyl/N-ethyl adjacent to an activating group) is 1. The molecule has 0 bridgehead atoms. The van der Waals surface area contributed by atoms with E-state index in [4.69, 9.17) is 9.15 Å². The van der Waals surface area contributed by atoms with E-state index in [1.165, 1.54) is 28.1 Å². The van der Waals surface area contributed by atoms with Crippen molar-refractivity contribution in [2.45, 2.75) is 69.6 Å². The van der Waals surface area contributed by atoms with Crippen molar-refractivity contribution in [3.05, 3.63) is 82.3 Å². The van der Waals surface area contributed by atoms with E-state index >= 15 is 0 Å². The summed E-state index contributed by atoms with van der Waals surface area (Å²) in [4.78, 5) is 17.9. The lowest BCUT2D eigenvalue weighted by Crippen LogP contribution is -2.33. The van der Waals surface area contributed by atoms with Crippen LogP contribution in [0.2, 0.25) is 0 Å². The van der Waals surface area contributed by atoms with Crippen LogP contribution in [0.1, 0.15) is 57.6 Å². The van der Waals surface area contributed by atoms with E-state index in [9.17, 15) is 13.2 Å². The number of methoxy groups -OCH3 is 1. The number of nitrogens with one attached hydrogen (secondary N) is 1. The van der Waals surface area contributed by atoms with Crippen molar-refractivity contribution in [1.82, 2.24) is 19.4 Å². The van der Waals surface area contributed by atoms with Gasteiger partial charge in [0.2, 0.25) is 10.0 Å². The van der Waals surface area contributed by atoms with Gasteiger partial charge in [0.05, 0.1) is 24.1 Å². The Bertz CT molecular complexity index is 1510. The van der Waals surface area contributed by atoms with Crippen LogP contribution in [0, 0.1) is 13.8 Å². The first-order valence-electron chi connectivity index (χ1n) is 15.0. The van der Waals surface area contributed by atoms with Crippen LogP contribution in [-0.2, 0) is 29.5 Å². The van der Waals surface area contributed by atoms with E-state index in [0.29, 0.717) is 45.7 Å². The average Bonchev–Trinajstić information content (AvgIpc) is 3.49. The Morgan fingerprint density at radius 3 is 2.30 bits per heavy atom. The van der Waals surface area contributed by atoms with Gasteiger partial charge in [-0.25, -0.2) is 8.42 Å². The highest BCUT2D eigenvalue weighted by Crippen LogP contribution is 2.36. The first kappa shape index (κ1) is 31.3. The van der Waals surface area contributed by atoms with Gasteiger partial charge in [-0.2, -0.15) is 4.31 Å². The molecule has 232 valence electrons. The molecule has 2 fully saturated rings. The highest BCUT2D eigenvalue weighted by atomic mass is 32.2. The Kier molecular flexibility index (Phi) is 9.60. The molecular formula is C33H44N4O5S. The summed E-state index contributed by atoms with van der Waals surface area (Å²) >= 11 is 0. The lowest BCUT2D eigenvalue weighted by atomic mass is 10.1. The van der Waals surface area contributed by atoms with Crippen LogP contribution in [0.15, 0.2) is 58.0 Å². The minimum atomic E-state index is -3.78. The molecule has 5 rings (SSSR count). The van der Waals surface area contributed by atoms with Crippen LogP contribution in [0.4, 0.5) is 0 Å². The fraction of sp³-hybridized carbons (Fsp3) is 0.485. The van der Waals surface area contributed by atoms with Gasteiger partial charge in [-0.05, 0) is 94.1 Å². The molecule has 1 aromatic heterocycles. The lowest BCUT2D eigenvalue weighted by molar-refractivity contribution is 0.0953. The van der Waals surface area contributed by atoms with Gasteiger partial charge in [0.1, 0.15) is 17.8 Å². The molecule has 9 nitrogen and oxygen atoms in total. The molecular weight excluding hydrogens is 564 g/mol. The van der Waals surface area contributed by atoms with Crippen molar-refractivity contribution in [1.29, 1.82) is 0 Å².